The molecule has 0 N–H and O–H groups in total. The topological polar surface area (TPSA) is 39.8 Å². The van der Waals surface area contributed by atoms with Gasteiger partial charge in [-0.3, -0.25) is 0 Å². The van der Waals surface area contributed by atoms with Gasteiger partial charge in [-0.25, -0.2) is 4.73 Å². The Kier molecular flexibility index (Phi) is 4.00. The number of benzene rings is 1. The van der Waals surface area contributed by atoms with Gasteiger partial charge in [0.05, 0.1) is 20.5 Å². The van der Waals surface area contributed by atoms with Crippen molar-refractivity contribution in [2.24, 2.45) is 0 Å². The summed E-state index contributed by atoms with van der Waals surface area (Å²) in [5.41, 5.74) is 0.637. The van der Waals surface area contributed by atoms with E-state index >= 15 is 0 Å². The van der Waals surface area contributed by atoms with Crippen molar-refractivity contribution in [3.8, 4) is 0 Å². The van der Waals surface area contributed by atoms with Crippen LogP contribution in [0.3, 0.4) is 0 Å². The molecule has 1 heterocycles. The van der Waals surface area contributed by atoms with E-state index in [4.69, 9.17) is 58.0 Å². The molecule has 0 spiro atoms. The normalized spacial score (nSPS) is 11.2. The Morgan fingerprint density at radius 2 is 1.61 bits per heavy atom. The van der Waals surface area contributed by atoms with E-state index in [0.717, 1.165) is 0 Å². The fraction of sp³-hybridized carbons (Fsp3) is 0.200. The molecule has 2 rings (SSSR count). The molecule has 1 aromatic carbocycles. The average molecular weight is 346 g/mol. The highest BCUT2D eigenvalue weighted by Gasteiger charge is 2.24. The van der Waals surface area contributed by atoms with Crippen molar-refractivity contribution >= 4 is 68.9 Å². The summed E-state index contributed by atoms with van der Waals surface area (Å²) in [6.07, 6.45) is 0. The lowest BCUT2D eigenvalue weighted by Gasteiger charge is -2.13. The molecule has 0 amide bonds. The van der Waals surface area contributed by atoms with Crippen LogP contribution in [0.25, 0.3) is 10.9 Å². The number of rotatable bonds is 1. The van der Waals surface area contributed by atoms with Gasteiger partial charge in [0.25, 0.3) is 0 Å². The van der Waals surface area contributed by atoms with Crippen LogP contribution in [-0.4, -0.2) is 4.98 Å². The van der Waals surface area contributed by atoms with Crippen LogP contribution in [0, 0.1) is 12.1 Å². The Morgan fingerprint density at radius 3 is 2.17 bits per heavy atom. The molecule has 0 bridgehead atoms. The van der Waals surface area contributed by atoms with Crippen LogP contribution in [0.5, 0.6) is 0 Å². The summed E-state index contributed by atoms with van der Waals surface area (Å²) in [5, 5.41) is 12.7. The fourth-order valence-electron chi connectivity index (χ4n) is 1.61. The van der Waals surface area contributed by atoms with Crippen molar-refractivity contribution in [2.45, 2.75) is 12.8 Å². The predicted molar refractivity (Wildman–Crippen MR) is 75.0 cm³/mol. The Balaban J connectivity index is 3.07. The van der Waals surface area contributed by atoms with E-state index in [1.807, 2.05) is 0 Å². The van der Waals surface area contributed by atoms with Crippen molar-refractivity contribution in [3.63, 3.8) is 0 Å². The summed E-state index contributed by atoms with van der Waals surface area (Å²) in [6, 6.07) is 0. The van der Waals surface area contributed by atoms with Crippen LogP contribution in [-0.2, 0) is 5.88 Å². The summed E-state index contributed by atoms with van der Waals surface area (Å²) >= 11 is 29.7. The lowest BCUT2D eigenvalue weighted by atomic mass is 10.2. The SMILES string of the molecule is Cc1c2c(Cl)c(Cl)c(Cl)c(Cl)c2nc(CCl)[n+]1[O-]. The van der Waals surface area contributed by atoms with E-state index in [9.17, 15) is 5.21 Å². The van der Waals surface area contributed by atoms with E-state index in [-0.39, 0.29) is 31.8 Å². The molecule has 0 fully saturated rings. The van der Waals surface area contributed by atoms with Gasteiger partial charge in [0.1, 0.15) is 16.6 Å². The Labute approximate surface area is 128 Å². The number of nitrogens with zero attached hydrogens (tertiary/aromatic N) is 2. The van der Waals surface area contributed by atoms with Gasteiger partial charge in [0, 0.05) is 0 Å². The maximum atomic E-state index is 11.9. The van der Waals surface area contributed by atoms with Gasteiger partial charge < -0.3 is 5.21 Å². The lowest BCUT2D eigenvalue weighted by molar-refractivity contribution is -0.621. The smallest absolute Gasteiger partial charge is 0.317 e. The number of alkyl halides is 1. The maximum absolute atomic E-state index is 11.9. The molecule has 1 aromatic heterocycles. The number of hydrogen-bond donors (Lipinski definition) is 0. The summed E-state index contributed by atoms with van der Waals surface area (Å²) in [6.45, 7) is 1.58. The molecule has 0 saturated heterocycles. The number of aromatic nitrogens is 2. The monoisotopic (exact) mass is 344 g/mol. The second-order valence-corrected chi connectivity index (χ2v) is 5.30. The quantitative estimate of drug-likeness (QED) is 0.250. The van der Waals surface area contributed by atoms with E-state index in [1.54, 1.807) is 6.92 Å². The summed E-state index contributed by atoms with van der Waals surface area (Å²) < 4.78 is 0.599. The first-order valence-corrected chi connectivity index (χ1v) is 6.75. The molecule has 0 unspecified atom stereocenters. The minimum absolute atomic E-state index is 0.0471. The van der Waals surface area contributed by atoms with Gasteiger partial charge in [0.15, 0.2) is 0 Å². The van der Waals surface area contributed by atoms with Crippen molar-refractivity contribution in [1.82, 2.24) is 4.98 Å². The number of aryl methyl sites for hydroxylation is 1. The molecule has 2 aromatic rings. The zero-order valence-corrected chi connectivity index (χ0v) is 12.7. The van der Waals surface area contributed by atoms with Crippen LogP contribution in [0.4, 0.5) is 0 Å². The highest BCUT2D eigenvalue weighted by molar-refractivity contribution is 6.55. The summed E-state index contributed by atoms with van der Waals surface area (Å²) in [4.78, 5) is 4.08. The molecular formula is C10H5Cl5N2O. The highest BCUT2D eigenvalue weighted by Crippen LogP contribution is 2.42. The first kappa shape index (κ1) is 14.2. The minimum Gasteiger partial charge on any atom is -0.711 e. The van der Waals surface area contributed by atoms with Gasteiger partial charge >= 0.3 is 5.82 Å². The fourth-order valence-corrected chi connectivity index (χ4v) is 2.80. The van der Waals surface area contributed by atoms with E-state index in [1.165, 1.54) is 0 Å². The molecule has 96 valence electrons. The maximum Gasteiger partial charge on any atom is 0.317 e. The number of halogens is 5. The molecule has 0 atom stereocenters. The standard InChI is InChI=1S/C10H5Cl5N2O/c1-3-5-6(12)7(13)8(14)9(15)10(5)16-4(2-11)17(3)18/h2H2,1H3. The third-order valence-electron chi connectivity index (χ3n) is 2.50. The average Bonchev–Trinajstić information content (AvgIpc) is 2.36. The first-order chi connectivity index (χ1) is 8.40. The van der Waals surface area contributed by atoms with Gasteiger partial charge in [0.2, 0.25) is 5.52 Å². The third-order valence-corrected chi connectivity index (χ3v) is 4.53. The van der Waals surface area contributed by atoms with Crippen LogP contribution in [0.2, 0.25) is 20.1 Å². The molecule has 0 saturated carbocycles. The molecular weight excluding hydrogens is 341 g/mol. The predicted octanol–water partition coefficient (Wildman–Crippen LogP) is 4.53. The third kappa shape index (κ3) is 1.98. The van der Waals surface area contributed by atoms with Crippen molar-refractivity contribution in [2.75, 3.05) is 0 Å². The minimum atomic E-state index is -0.0471. The summed E-state index contributed by atoms with van der Waals surface area (Å²) in [7, 11) is 0. The summed E-state index contributed by atoms with van der Waals surface area (Å²) in [5.74, 6) is 0.0760. The Morgan fingerprint density at radius 1 is 1.06 bits per heavy atom. The second kappa shape index (κ2) is 5.06. The molecule has 3 nitrogen and oxygen atoms in total. The first-order valence-electron chi connectivity index (χ1n) is 4.70. The number of fused-ring (bicyclic) bond motifs is 1. The Hall–Kier alpha value is -0.190. The Bertz CT molecular complexity index is 659. The largest absolute Gasteiger partial charge is 0.711 e. The van der Waals surface area contributed by atoms with Gasteiger partial charge in [-0.05, 0) is 11.9 Å². The second-order valence-electron chi connectivity index (χ2n) is 3.52. The van der Waals surface area contributed by atoms with Crippen LogP contribution < -0.4 is 4.73 Å². The van der Waals surface area contributed by atoms with Gasteiger partial charge in [-0.1, -0.05) is 46.4 Å². The molecule has 0 aliphatic rings. The van der Waals surface area contributed by atoms with Crippen LogP contribution in [0.15, 0.2) is 0 Å². The van der Waals surface area contributed by atoms with E-state index in [0.29, 0.717) is 21.3 Å². The van der Waals surface area contributed by atoms with Gasteiger partial charge in [-0.2, -0.15) is 0 Å². The van der Waals surface area contributed by atoms with Crippen LogP contribution >= 0.6 is 58.0 Å². The molecule has 8 heteroatoms. The van der Waals surface area contributed by atoms with Crippen molar-refractivity contribution < 1.29 is 4.73 Å². The van der Waals surface area contributed by atoms with Crippen molar-refractivity contribution in [1.29, 1.82) is 0 Å². The zero-order valence-electron chi connectivity index (χ0n) is 8.90. The molecule has 18 heavy (non-hydrogen) atoms. The molecule has 0 aliphatic carbocycles. The van der Waals surface area contributed by atoms with E-state index in [2.05, 4.69) is 4.98 Å². The molecule has 0 radical (unpaired) electrons. The van der Waals surface area contributed by atoms with Gasteiger partial charge in [-0.15, -0.1) is 11.6 Å². The zero-order chi connectivity index (χ0) is 13.6. The van der Waals surface area contributed by atoms with E-state index < -0.39 is 0 Å². The van der Waals surface area contributed by atoms with Crippen LogP contribution in [0.1, 0.15) is 11.5 Å². The molecule has 0 aliphatic heterocycles. The lowest BCUT2D eigenvalue weighted by Crippen LogP contribution is -2.36. The highest BCUT2D eigenvalue weighted by atomic mass is 35.5. The number of hydrogen-bond acceptors (Lipinski definition) is 2. The van der Waals surface area contributed by atoms with Crippen molar-refractivity contribution in [3.05, 3.63) is 36.8 Å².